The predicted octanol–water partition coefficient (Wildman–Crippen LogP) is 2.37. The van der Waals surface area contributed by atoms with Crippen molar-refractivity contribution in [2.45, 2.75) is 32.7 Å². The van der Waals surface area contributed by atoms with Crippen molar-refractivity contribution >= 4 is 26.7 Å². The molecule has 1 saturated carbocycles. The summed E-state index contributed by atoms with van der Waals surface area (Å²) in [7, 11) is -3.66. The van der Waals surface area contributed by atoms with E-state index in [1.165, 1.54) is 0 Å². The zero-order chi connectivity index (χ0) is 22.0. The quantitative estimate of drug-likeness (QED) is 0.653. The minimum absolute atomic E-state index is 0.0238. The molecule has 5 rings (SSSR count). The van der Waals surface area contributed by atoms with E-state index >= 15 is 0 Å². The number of nitrogens with zero attached hydrogens (tertiary/aromatic N) is 2. The van der Waals surface area contributed by atoms with Crippen molar-refractivity contribution in [2.75, 3.05) is 18.0 Å². The van der Waals surface area contributed by atoms with Gasteiger partial charge in [0.15, 0.2) is 0 Å². The van der Waals surface area contributed by atoms with Crippen molar-refractivity contribution in [3.8, 4) is 5.69 Å². The second-order valence-corrected chi connectivity index (χ2v) is 10.5. The molecule has 2 aromatic carbocycles. The number of rotatable bonds is 4. The molecular formula is C23H26N4O3S. The maximum Gasteiger partial charge on any atom is 0.274 e. The number of nitrogens with two attached hydrogens (primary N) is 1. The van der Waals surface area contributed by atoms with Crippen molar-refractivity contribution in [3.63, 3.8) is 0 Å². The largest absolute Gasteiger partial charge is 0.369 e. The molecule has 0 bridgehead atoms. The summed E-state index contributed by atoms with van der Waals surface area (Å²) in [5.74, 6) is 0. The molecule has 8 heteroatoms. The molecule has 31 heavy (non-hydrogen) atoms. The second-order valence-electron chi connectivity index (χ2n) is 9.13. The van der Waals surface area contributed by atoms with Crippen molar-refractivity contribution < 1.29 is 8.42 Å². The highest BCUT2D eigenvalue weighted by Crippen LogP contribution is 2.50. The van der Waals surface area contributed by atoms with Crippen LogP contribution in [0.5, 0.6) is 0 Å². The lowest BCUT2D eigenvalue weighted by Gasteiger charge is -2.59. The van der Waals surface area contributed by atoms with E-state index < -0.39 is 10.2 Å². The average molecular weight is 439 g/mol. The smallest absolute Gasteiger partial charge is 0.274 e. The van der Waals surface area contributed by atoms with Crippen LogP contribution in [-0.4, -0.2) is 32.1 Å². The molecule has 7 nitrogen and oxygen atoms in total. The van der Waals surface area contributed by atoms with Gasteiger partial charge in [0.1, 0.15) is 0 Å². The Morgan fingerprint density at radius 3 is 2.26 bits per heavy atom. The Kier molecular flexibility index (Phi) is 4.51. The highest BCUT2D eigenvalue weighted by atomic mass is 32.2. The topological polar surface area (TPSA) is 97.4 Å². The fourth-order valence-electron chi connectivity index (χ4n) is 5.11. The van der Waals surface area contributed by atoms with E-state index in [1.807, 2.05) is 49.5 Å². The summed E-state index contributed by atoms with van der Waals surface area (Å²) in [6, 6.07) is 13.7. The summed E-state index contributed by atoms with van der Waals surface area (Å²) in [5.41, 5.74) is 4.21. The van der Waals surface area contributed by atoms with Gasteiger partial charge >= 0.3 is 0 Å². The second kappa shape index (κ2) is 6.91. The number of benzene rings is 2. The van der Waals surface area contributed by atoms with E-state index in [0.29, 0.717) is 5.39 Å². The Labute approximate surface area is 181 Å². The van der Waals surface area contributed by atoms with Crippen LogP contribution in [0.3, 0.4) is 0 Å². The molecule has 0 amide bonds. The fourth-order valence-corrected chi connectivity index (χ4v) is 5.74. The maximum atomic E-state index is 13.3. The Balaban J connectivity index is 1.51. The number of nitrogens with one attached hydrogen (secondary N) is 1. The number of hydrogen-bond acceptors (Lipinski definition) is 4. The number of pyridine rings is 1. The third kappa shape index (κ3) is 3.54. The predicted molar refractivity (Wildman–Crippen MR) is 123 cm³/mol. The first kappa shape index (κ1) is 20.2. The van der Waals surface area contributed by atoms with Gasteiger partial charge in [-0.25, -0.2) is 5.14 Å². The molecule has 2 aliphatic rings. The van der Waals surface area contributed by atoms with E-state index in [0.717, 1.165) is 53.8 Å². The minimum Gasteiger partial charge on any atom is -0.369 e. The molecule has 1 saturated heterocycles. The Hall–Kier alpha value is -2.68. The van der Waals surface area contributed by atoms with Gasteiger partial charge in [0.05, 0.1) is 5.69 Å². The van der Waals surface area contributed by atoms with Crippen molar-refractivity contribution in [1.82, 2.24) is 9.29 Å². The molecule has 162 valence electrons. The molecule has 1 spiro atoms. The molecular weight excluding hydrogens is 412 g/mol. The van der Waals surface area contributed by atoms with Gasteiger partial charge in [0.2, 0.25) is 0 Å². The zero-order valence-electron chi connectivity index (χ0n) is 17.6. The average Bonchev–Trinajstić information content (AvgIpc) is 2.65. The van der Waals surface area contributed by atoms with Crippen molar-refractivity contribution in [2.24, 2.45) is 10.6 Å². The van der Waals surface area contributed by atoms with Crippen molar-refractivity contribution in [1.29, 1.82) is 0 Å². The van der Waals surface area contributed by atoms with Crippen LogP contribution in [0.1, 0.15) is 24.0 Å². The lowest BCUT2D eigenvalue weighted by Crippen LogP contribution is -2.67. The van der Waals surface area contributed by atoms with E-state index in [4.69, 9.17) is 5.14 Å². The summed E-state index contributed by atoms with van der Waals surface area (Å²) in [6.07, 6.45) is 3.52. The van der Waals surface area contributed by atoms with Crippen LogP contribution in [0, 0.1) is 19.3 Å². The first-order valence-electron chi connectivity index (χ1n) is 10.4. The number of aryl methyl sites for hydroxylation is 2. The number of anilines is 1. The minimum atomic E-state index is -3.66. The Bertz CT molecular complexity index is 1330. The molecule has 3 N–H and O–H groups in total. The van der Waals surface area contributed by atoms with Gasteiger partial charge in [-0.2, -0.15) is 13.1 Å². The van der Waals surface area contributed by atoms with Gasteiger partial charge in [0, 0.05) is 47.2 Å². The van der Waals surface area contributed by atoms with Gasteiger partial charge in [-0.05, 0) is 62.1 Å². The van der Waals surface area contributed by atoms with Crippen LogP contribution in [0.25, 0.3) is 16.5 Å². The molecule has 2 fully saturated rings. The molecule has 1 aromatic heterocycles. The number of para-hydroxylation sites is 1. The van der Waals surface area contributed by atoms with Crippen LogP contribution in [0.2, 0.25) is 0 Å². The van der Waals surface area contributed by atoms with Gasteiger partial charge in [-0.3, -0.25) is 9.36 Å². The summed E-state index contributed by atoms with van der Waals surface area (Å²) >= 11 is 0. The number of aromatic nitrogens is 1. The summed E-state index contributed by atoms with van der Waals surface area (Å²) in [5, 5.41) is 6.79. The molecule has 1 aliphatic heterocycles. The molecule has 1 aliphatic carbocycles. The lowest BCUT2D eigenvalue weighted by molar-refractivity contribution is 0.0592. The van der Waals surface area contributed by atoms with Gasteiger partial charge < -0.3 is 4.90 Å². The van der Waals surface area contributed by atoms with Crippen LogP contribution < -0.4 is 20.3 Å². The van der Waals surface area contributed by atoms with E-state index in [1.54, 1.807) is 4.57 Å². The van der Waals surface area contributed by atoms with E-state index in [2.05, 4.69) is 22.6 Å². The van der Waals surface area contributed by atoms with Crippen LogP contribution >= 0.6 is 0 Å². The Morgan fingerprint density at radius 1 is 1.03 bits per heavy atom. The number of hydrogen-bond donors (Lipinski definition) is 2. The highest BCUT2D eigenvalue weighted by Gasteiger charge is 2.53. The highest BCUT2D eigenvalue weighted by molar-refractivity contribution is 7.87. The van der Waals surface area contributed by atoms with Crippen LogP contribution in [0.4, 0.5) is 5.69 Å². The summed E-state index contributed by atoms with van der Waals surface area (Å²) in [6.45, 7) is 5.77. The van der Waals surface area contributed by atoms with Gasteiger partial charge in [-0.15, -0.1) is 0 Å². The SMILES string of the molecule is Cc1cc2c(N3CC4(CC(NS(N)(=O)=O)C4)C3)cn(-c3ccccc3)c(=O)c2cc1C. The lowest BCUT2D eigenvalue weighted by atomic mass is 9.61. The van der Waals surface area contributed by atoms with Crippen LogP contribution in [0.15, 0.2) is 53.5 Å². The molecule has 0 radical (unpaired) electrons. The zero-order valence-corrected chi connectivity index (χ0v) is 18.4. The van der Waals surface area contributed by atoms with Gasteiger partial charge in [-0.1, -0.05) is 18.2 Å². The standard InChI is InChI=1S/C23H26N4O3S/c1-15-8-19-20(9-16(15)2)22(28)27(18-6-4-3-5-7-18)12-21(19)26-13-23(14-26)10-17(11-23)25-31(24,29)30/h3-9,12,17,25H,10-11,13-14H2,1-2H3,(H2,24,29,30). The Morgan fingerprint density at radius 2 is 1.65 bits per heavy atom. The molecule has 2 heterocycles. The first-order valence-corrected chi connectivity index (χ1v) is 12.0. The molecule has 0 atom stereocenters. The first-order chi connectivity index (χ1) is 14.6. The van der Waals surface area contributed by atoms with E-state index in [-0.39, 0.29) is 17.0 Å². The fraction of sp³-hybridized carbons (Fsp3) is 0.348. The third-order valence-corrected chi connectivity index (χ3v) is 7.39. The number of fused-ring (bicyclic) bond motifs is 1. The van der Waals surface area contributed by atoms with Gasteiger partial charge in [0.25, 0.3) is 15.8 Å². The van der Waals surface area contributed by atoms with Crippen LogP contribution in [-0.2, 0) is 10.2 Å². The normalized spacial score (nSPS) is 18.2. The van der Waals surface area contributed by atoms with E-state index in [9.17, 15) is 13.2 Å². The maximum absolute atomic E-state index is 13.3. The molecule has 0 unspecified atom stereocenters. The van der Waals surface area contributed by atoms with Crippen molar-refractivity contribution in [3.05, 3.63) is 70.1 Å². The summed E-state index contributed by atoms with van der Waals surface area (Å²) < 4.78 is 26.8. The third-order valence-electron chi connectivity index (χ3n) is 6.73. The monoisotopic (exact) mass is 438 g/mol. The molecule has 3 aromatic rings. The summed E-state index contributed by atoms with van der Waals surface area (Å²) in [4.78, 5) is 15.6.